The summed E-state index contributed by atoms with van der Waals surface area (Å²) in [5.41, 5.74) is 8.20. The number of nitrogens with zero attached hydrogens (tertiary/aromatic N) is 2. The third-order valence-electron chi connectivity index (χ3n) is 2.61. The lowest BCUT2D eigenvalue weighted by molar-refractivity contribution is -0.113. The summed E-state index contributed by atoms with van der Waals surface area (Å²) in [6.45, 7) is 1.93. The van der Waals surface area contributed by atoms with E-state index < -0.39 is 0 Å². The van der Waals surface area contributed by atoms with Crippen molar-refractivity contribution in [2.45, 2.75) is 11.8 Å². The van der Waals surface area contributed by atoms with Crippen LogP contribution in [0.5, 0.6) is 0 Å². The number of anilines is 2. The summed E-state index contributed by atoms with van der Waals surface area (Å²) in [6, 6.07) is 5.50. The number of rotatable bonds is 4. The van der Waals surface area contributed by atoms with Crippen LogP contribution in [0.4, 0.5) is 11.4 Å². The molecule has 1 aromatic heterocycles. The van der Waals surface area contributed by atoms with Gasteiger partial charge in [0.2, 0.25) is 5.91 Å². The molecule has 2 aromatic rings. The number of nitrogens with two attached hydrogens (primary N) is 1. The van der Waals surface area contributed by atoms with Gasteiger partial charge in [0.1, 0.15) is 0 Å². The van der Waals surface area contributed by atoms with Crippen LogP contribution in [-0.2, 0) is 11.8 Å². The van der Waals surface area contributed by atoms with Crippen molar-refractivity contribution in [2.24, 2.45) is 7.05 Å². The molecule has 0 saturated heterocycles. The highest BCUT2D eigenvalue weighted by atomic mass is 32.2. The Hall–Kier alpha value is -1.95. The lowest BCUT2D eigenvalue weighted by atomic mass is 10.2. The van der Waals surface area contributed by atoms with Gasteiger partial charge in [-0.05, 0) is 24.6 Å². The number of carbonyl (C=O) groups is 1. The predicted molar refractivity (Wildman–Crippen MR) is 78.2 cm³/mol. The molecule has 0 aliphatic carbocycles. The molecule has 0 radical (unpaired) electrons. The molecule has 0 fully saturated rings. The number of benzene rings is 1. The fraction of sp³-hybridized carbons (Fsp3) is 0.231. The number of hydrogen-bond acceptors (Lipinski definition) is 4. The van der Waals surface area contributed by atoms with E-state index in [0.29, 0.717) is 11.4 Å². The van der Waals surface area contributed by atoms with E-state index in [1.807, 2.05) is 32.3 Å². The van der Waals surface area contributed by atoms with Crippen molar-refractivity contribution in [3.8, 4) is 0 Å². The number of aromatic nitrogens is 2. The molecule has 0 bridgehead atoms. The van der Waals surface area contributed by atoms with E-state index >= 15 is 0 Å². The first-order chi connectivity index (χ1) is 9.04. The normalized spacial score (nSPS) is 10.4. The van der Waals surface area contributed by atoms with E-state index in [-0.39, 0.29) is 5.91 Å². The van der Waals surface area contributed by atoms with Crippen molar-refractivity contribution in [2.75, 3.05) is 16.8 Å². The molecule has 0 aliphatic rings. The summed E-state index contributed by atoms with van der Waals surface area (Å²) in [7, 11) is 1.85. The van der Waals surface area contributed by atoms with E-state index in [0.717, 1.165) is 16.1 Å². The van der Waals surface area contributed by atoms with Crippen molar-refractivity contribution < 1.29 is 4.79 Å². The highest BCUT2D eigenvalue weighted by Gasteiger charge is 2.05. The van der Waals surface area contributed by atoms with Crippen molar-refractivity contribution >= 4 is 29.0 Å². The van der Waals surface area contributed by atoms with Crippen molar-refractivity contribution in [1.82, 2.24) is 9.78 Å². The molecule has 0 unspecified atom stereocenters. The van der Waals surface area contributed by atoms with Crippen LogP contribution in [0.15, 0.2) is 35.5 Å². The zero-order valence-corrected chi connectivity index (χ0v) is 11.7. The zero-order valence-electron chi connectivity index (χ0n) is 10.9. The first-order valence-corrected chi connectivity index (χ1v) is 6.80. The first-order valence-electron chi connectivity index (χ1n) is 5.82. The summed E-state index contributed by atoms with van der Waals surface area (Å²) in [6.07, 6.45) is 3.61. The number of carbonyl (C=O) groups excluding carboxylic acids is 1. The Balaban J connectivity index is 1.88. The second-order valence-electron chi connectivity index (χ2n) is 4.26. The minimum atomic E-state index is -0.0582. The van der Waals surface area contributed by atoms with Crippen LogP contribution >= 0.6 is 11.8 Å². The maximum atomic E-state index is 11.8. The molecule has 100 valence electrons. The number of hydrogen-bond donors (Lipinski definition) is 2. The molecule has 6 heteroatoms. The summed E-state index contributed by atoms with van der Waals surface area (Å²) < 4.78 is 1.71. The summed E-state index contributed by atoms with van der Waals surface area (Å²) in [4.78, 5) is 12.8. The molecule has 1 heterocycles. The monoisotopic (exact) mass is 276 g/mol. The van der Waals surface area contributed by atoms with Gasteiger partial charge >= 0.3 is 0 Å². The van der Waals surface area contributed by atoms with Crippen LogP contribution in [0.1, 0.15) is 5.56 Å². The third-order valence-corrected chi connectivity index (χ3v) is 3.56. The Morgan fingerprint density at radius 1 is 1.53 bits per heavy atom. The predicted octanol–water partition coefficient (Wildman–Crippen LogP) is 2.04. The zero-order chi connectivity index (χ0) is 13.8. The van der Waals surface area contributed by atoms with Crippen molar-refractivity contribution in [3.05, 3.63) is 36.2 Å². The Morgan fingerprint density at radius 3 is 2.95 bits per heavy atom. The van der Waals surface area contributed by atoms with Gasteiger partial charge in [0.15, 0.2) is 0 Å². The molecular weight excluding hydrogens is 260 g/mol. The van der Waals surface area contributed by atoms with E-state index in [4.69, 9.17) is 5.73 Å². The van der Waals surface area contributed by atoms with E-state index in [2.05, 4.69) is 10.4 Å². The molecule has 0 atom stereocenters. The number of amides is 1. The quantitative estimate of drug-likeness (QED) is 0.662. The SMILES string of the molecule is Cc1ccc(NC(=O)CSc2cnn(C)c2)cc1N. The average Bonchev–Trinajstić information content (AvgIpc) is 2.77. The molecular formula is C13H16N4OS. The second-order valence-corrected chi connectivity index (χ2v) is 5.31. The molecule has 1 aromatic carbocycles. The fourth-order valence-corrected chi connectivity index (χ4v) is 2.26. The Morgan fingerprint density at radius 2 is 2.32 bits per heavy atom. The molecule has 19 heavy (non-hydrogen) atoms. The number of thioether (sulfide) groups is 1. The van der Waals surface area contributed by atoms with Gasteiger partial charge in [-0.1, -0.05) is 6.07 Å². The summed E-state index contributed by atoms with van der Waals surface area (Å²) in [5, 5.41) is 6.87. The van der Waals surface area contributed by atoms with Crippen LogP contribution in [0, 0.1) is 6.92 Å². The Kier molecular flexibility index (Phi) is 4.11. The van der Waals surface area contributed by atoms with Crippen LogP contribution in [0.2, 0.25) is 0 Å². The van der Waals surface area contributed by atoms with Gasteiger partial charge in [-0.2, -0.15) is 5.10 Å². The number of nitrogen functional groups attached to an aromatic ring is 1. The lowest BCUT2D eigenvalue weighted by Crippen LogP contribution is -2.14. The molecule has 0 saturated carbocycles. The van der Waals surface area contributed by atoms with E-state index in [1.165, 1.54) is 11.8 Å². The van der Waals surface area contributed by atoms with Gasteiger partial charge in [0.05, 0.1) is 11.9 Å². The maximum absolute atomic E-state index is 11.8. The molecule has 5 nitrogen and oxygen atoms in total. The van der Waals surface area contributed by atoms with Crippen LogP contribution in [-0.4, -0.2) is 21.4 Å². The van der Waals surface area contributed by atoms with Crippen LogP contribution in [0.3, 0.4) is 0 Å². The van der Waals surface area contributed by atoms with Crippen LogP contribution in [0.25, 0.3) is 0 Å². The minimum absolute atomic E-state index is 0.0582. The summed E-state index contributed by atoms with van der Waals surface area (Å²) >= 11 is 1.45. The fourth-order valence-electron chi connectivity index (χ4n) is 1.54. The molecule has 3 N–H and O–H groups in total. The smallest absolute Gasteiger partial charge is 0.234 e. The second kappa shape index (κ2) is 5.79. The highest BCUT2D eigenvalue weighted by Crippen LogP contribution is 2.19. The maximum Gasteiger partial charge on any atom is 0.234 e. The molecule has 2 rings (SSSR count). The highest BCUT2D eigenvalue weighted by molar-refractivity contribution is 8.00. The first kappa shape index (κ1) is 13.5. The Labute approximate surface area is 116 Å². The number of aryl methyl sites for hydroxylation is 2. The van der Waals surface area contributed by atoms with Crippen molar-refractivity contribution in [1.29, 1.82) is 0 Å². The van der Waals surface area contributed by atoms with Gasteiger partial charge in [0.25, 0.3) is 0 Å². The van der Waals surface area contributed by atoms with E-state index in [1.54, 1.807) is 16.9 Å². The number of nitrogens with one attached hydrogen (secondary N) is 1. The summed E-state index contributed by atoms with van der Waals surface area (Å²) in [5.74, 6) is 0.288. The minimum Gasteiger partial charge on any atom is -0.398 e. The van der Waals surface area contributed by atoms with Gasteiger partial charge in [0, 0.05) is 29.5 Å². The van der Waals surface area contributed by atoms with Crippen molar-refractivity contribution in [3.63, 3.8) is 0 Å². The average molecular weight is 276 g/mol. The van der Waals surface area contributed by atoms with E-state index in [9.17, 15) is 4.79 Å². The largest absolute Gasteiger partial charge is 0.398 e. The topological polar surface area (TPSA) is 72.9 Å². The standard InChI is InChI=1S/C13H16N4OS/c1-9-3-4-10(5-12(9)14)16-13(18)8-19-11-6-15-17(2)7-11/h3-7H,8,14H2,1-2H3,(H,16,18). The van der Waals surface area contributed by atoms with Gasteiger partial charge in [-0.15, -0.1) is 11.8 Å². The molecule has 0 spiro atoms. The lowest BCUT2D eigenvalue weighted by Gasteiger charge is -2.07. The third kappa shape index (κ3) is 3.75. The Bertz CT molecular complexity index is 594. The van der Waals surface area contributed by atoms with Gasteiger partial charge < -0.3 is 11.1 Å². The van der Waals surface area contributed by atoms with Gasteiger partial charge in [-0.25, -0.2) is 0 Å². The van der Waals surface area contributed by atoms with Crippen LogP contribution < -0.4 is 11.1 Å². The van der Waals surface area contributed by atoms with Gasteiger partial charge in [-0.3, -0.25) is 9.48 Å². The molecule has 1 amide bonds. The molecule has 0 aliphatic heterocycles.